The number of benzene rings is 2. The summed E-state index contributed by atoms with van der Waals surface area (Å²) in [4.78, 5) is 0. The van der Waals surface area contributed by atoms with Crippen LogP contribution < -0.4 is 0 Å². The van der Waals surface area contributed by atoms with Gasteiger partial charge in [-0.3, -0.25) is 0 Å². The fourth-order valence-corrected chi connectivity index (χ4v) is 2.89. The molecule has 2 aromatic carbocycles. The summed E-state index contributed by atoms with van der Waals surface area (Å²) in [5, 5.41) is 9.83. The lowest BCUT2D eigenvalue weighted by Gasteiger charge is -2.10. The normalized spacial score (nSPS) is 13.3. The van der Waals surface area contributed by atoms with Gasteiger partial charge >= 0.3 is 0 Å². The molecule has 1 aliphatic rings. The number of phenolic OH excluding ortho intramolecular Hbond substituents is 1. The minimum absolute atomic E-state index is 0.421. The second kappa shape index (κ2) is 4.58. The van der Waals surface area contributed by atoms with Crippen LogP contribution in [0.5, 0.6) is 5.75 Å². The van der Waals surface area contributed by atoms with Crippen LogP contribution in [0.25, 0.3) is 5.57 Å². The number of aryl methyl sites for hydroxylation is 2. The first-order chi connectivity index (χ1) is 9.15. The molecule has 96 valence electrons. The first-order valence-electron chi connectivity index (χ1n) is 6.71. The average molecular weight is 250 g/mol. The van der Waals surface area contributed by atoms with E-state index in [1.165, 1.54) is 22.3 Å². The first kappa shape index (κ1) is 12.0. The van der Waals surface area contributed by atoms with Crippen molar-refractivity contribution in [3.63, 3.8) is 0 Å². The van der Waals surface area contributed by atoms with E-state index in [1.54, 1.807) is 0 Å². The van der Waals surface area contributed by atoms with Crippen LogP contribution in [-0.4, -0.2) is 5.11 Å². The molecule has 0 amide bonds. The number of allylic oxidation sites excluding steroid dienone is 2. The Hall–Kier alpha value is -2.02. The predicted molar refractivity (Wildman–Crippen MR) is 79.4 cm³/mol. The zero-order chi connectivity index (χ0) is 13.4. The minimum Gasteiger partial charge on any atom is -0.507 e. The molecule has 0 saturated heterocycles. The van der Waals surface area contributed by atoms with Crippen molar-refractivity contribution in [1.82, 2.24) is 0 Å². The Morgan fingerprint density at radius 2 is 1.74 bits per heavy atom. The SMILES string of the molecule is Cc1cc(CC2=CCc3ccccc32)cc(C)c1O. The van der Waals surface area contributed by atoms with Crippen molar-refractivity contribution in [2.45, 2.75) is 26.7 Å². The lowest BCUT2D eigenvalue weighted by molar-refractivity contribution is 0.466. The van der Waals surface area contributed by atoms with Crippen LogP contribution in [0, 0.1) is 13.8 Å². The summed E-state index contributed by atoms with van der Waals surface area (Å²) < 4.78 is 0. The van der Waals surface area contributed by atoms with Crippen molar-refractivity contribution >= 4 is 5.57 Å². The molecule has 0 fully saturated rings. The smallest absolute Gasteiger partial charge is 0.121 e. The Labute approximate surface area is 114 Å². The molecule has 19 heavy (non-hydrogen) atoms. The van der Waals surface area contributed by atoms with Crippen LogP contribution in [0.1, 0.15) is 27.8 Å². The fourth-order valence-electron chi connectivity index (χ4n) is 2.89. The molecule has 1 N–H and O–H groups in total. The second-order valence-electron chi connectivity index (χ2n) is 5.35. The molecule has 0 bridgehead atoms. The molecule has 2 aromatic rings. The molecule has 0 unspecified atom stereocenters. The lowest BCUT2D eigenvalue weighted by Crippen LogP contribution is -1.92. The van der Waals surface area contributed by atoms with Crippen molar-refractivity contribution in [2.24, 2.45) is 0 Å². The third-order valence-electron chi connectivity index (χ3n) is 3.88. The van der Waals surface area contributed by atoms with Gasteiger partial charge in [0.05, 0.1) is 0 Å². The van der Waals surface area contributed by atoms with Gasteiger partial charge in [-0.05, 0) is 60.1 Å². The van der Waals surface area contributed by atoms with E-state index >= 15 is 0 Å². The fraction of sp³-hybridized carbons (Fsp3) is 0.222. The Morgan fingerprint density at radius 1 is 1.05 bits per heavy atom. The van der Waals surface area contributed by atoms with E-state index in [1.807, 2.05) is 13.8 Å². The van der Waals surface area contributed by atoms with Crippen LogP contribution in [-0.2, 0) is 12.8 Å². The van der Waals surface area contributed by atoms with Gasteiger partial charge in [-0.15, -0.1) is 0 Å². The third kappa shape index (κ3) is 2.17. The summed E-state index contributed by atoms with van der Waals surface area (Å²) in [5.41, 5.74) is 7.40. The highest BCUT2D eigenvalue weighted by molar-refractivity contribution is 5.74. The highest BCUT2D eigenvalue weighted by atomic mass is 16.3. The Kier molecular flexibility index (Phi) is 2.90. The number of fused-ring (bicyclic) bond motifs is 1. The Bertz CT molecular complexity index is 642. The van der Waals surface area contributed by atoms with Gasteiger partial charge in [0.25, 0.3) is 0 Å². The molecular weight excluding hydrogens is 232 g/mol. The van der Waals surface area contributed by atoms with Gasteiger partial charge in [0.15, 0.2) is 0 Å². The van der Waals surface area contributed by atoms with Crippen LogP contribution in [0.4, 0.5) is 0 Å². The van der Waals surface area contributed by atoms with Crippen molar-refractivity contribution in [3.8, 4) is 5.75 Å². The van der Waals surface area contributed by atoms with Gasteiger partial charge < -0.3 is 5.11 Å². The maximum Gasteiger partial charge on any atom is 0.121 e. The number of hydrogen-bond donors (Lipinski definition) is 1. The summed E-state index contributed by atoms with van der Waals surface area (Å²) in [5.74, 6) is 0.421. The summed E-state index contributed by atoms with van der Waals surface area (Å²) in [6.45, 7) is 3.92. The van der Waals surface area contributed by atoms with Crippen molar-refractivity contribution in [2.75, 3.05) is 0 Å². The molecule has 1 nitrogen and oxygen atoms in total. The predicted octanol–water partition coefficient (Wildman–Crippen LogP) is 4.19. The van der Waals surface area contributed by atoms with Crippen molar-refractivity contribution in [3.05, 3.63) is 70.3 Å². The molecule has 1 heteroatoms. The van der Waals surface area contributed by atoms with E-state index in [4.69, 9.17) is 0 Å². The molecule has 0 atom stereocenters. The van der Waals surface area contributed by atoms with Crippen LogP contribution in [0.2, 0.25) is 0 Å². The van der Waals surface area contributed by atoms with E-state index in [9.17, 15) is 5.11 Å². The zero-order valence-electron chi connectivity index (χ0n) is 11.4. The van der Waals surface area contributed by atoms with Gasteiger partial charge in [-0.2, -0.15) is 0 Å². The van der Waals surface area contributed by atoms with Crippen LogP contribution in [0.15, 0.2) is 42.5 Å². The van der Waals surface area contributed by atoms with Gasteiger partial charge in [0.1, 0.15) is 5.75 Å². The van der Waals surface area contributed by atoms with Gasteiger partial charge in [-0.25, -0.2) is 0 Å². The summed E-state index contributed by atoms with van der Waals surface area (Å²) in [7, 11) is 0. The minimum atomic E-state index is 0.421. The number of hydrogen-bond acceptors (Lipinski definition) is 1. The van der Waals surface area contributed by atoms with Crippen molar-refractivity contribution in [1.29, 1.82) is 0 Å². The second-order valence-corrected chi connectivity index (χ2v) is 5.35. The Balaban J connectivity index is 1.92. The number of aromatic hydroxyl groups is 1. The van der Waals surface area contributed by atoms with E-state index in [0.29, 0.717) is 5.75 Å². The zero-order valence-corrected chi connectivity index (χ0v) is 11.4. The van der Waals surface area contributed by atoms with Gasteiger partial charge in [-0.1, -0.05) is 42.5 Å². The van der Waals surface area contributed by atoms with Crippen molar-refractivity contribution < 1.29 is 5.11 Å². The summed E-state index contributed by atoms with van der Waals surface area (Å²) in [6, 6.07) is 12.8. The molecule has 3 rings (SSSR count). The van der Waals surface area contributed by atoms with E-state index in [2.05, 4.69) is 42.5 Å². The molecule has 0 spiro atoms. The molecule has 0 aliphatic heterocycles. The van der Waals surface area contributed by atoms with Crippen LogP contribution >= 0.6 is 0 Å². The monoisotopic (exact) mass is 250 g/mol. The Morgan fingerprint density at radius 3 is 2.47 bits per heavy atom. The maximum absolute atomic E-state index is 9.83. The van der Waals surface area contributed by atoms with E-state index in [-0.39, 0.29) is 0 Å². The molecule has 0 radical (unpaired) electrons. The largest absolute Gasteiger partial charge is 0.507 e. The topological polar surface area (TPSA) is 20.2 Å². The number of rotatable bonds is 2. The molecule has 0 heterocycles. The number of phenols is 1. The van der Waals surface area contributed by atoms with Crippen LogP contribution in [0.3, 0.4) is 0 Å². The van der Waals surface area contributed by atoms with E-state index in [0.717, 1.165) is 24.0 Å². The molecule has 0 saturated carbocycles. The molecular formula is C18H18O. The highest BCUT2D eigenvalue weighted by Gasteiger charge is 2.14. The summed E-state index contributed by atoms with van der Waals surface area (Å²) >= 11 is 0. The van der Waals surface area contributed by atoms with Gasteiger partial charge in [0.2, 0.25) is 0 Å². The lowest BCUT2D eigenvalue weighted by atomic mass is 9.96. The summed E-state index contributed by atoms with van der Waals surface area (Å²) in [6.07, 6.45) is 4.31. The highest BCUT2D eigenvalue weighted by Crippen LogP contribution is 2.31. The van der Waals surface area contributed by atoms with Gasteiger partial charge in [0, 0.05) is 0 Å². The maximum atomic E-state index is 9.83. The average Bonchev–Trinajstić information content (AvgIpc) is 2.79. The van der Waals surface area contributed by atoms with E-state index < -0.39 is 0 Å². The standard InChI is InChI=1S/C18H18O/c1-12-9-14(10-13(2)18(12)19)11-16-8-7-15-5-3-4-6-17(15)16/h3-6,8-10,19H,7,11H2,1-2H3. The third-order valence-corrected chi connectivity index (χ3v) is 3.88. The first-order valence-corrected chi connectivity index (χ1v) is 6.71. The quantitative estimate of drug-likeness (QED) is 0.847. The molecule has 1 aliphatic carbocycles. The molecule has 0 aromatic heterocycles.